The molecule has 0 saturated carbocycles. The molecule has 0 atom stereocenters. The summed E-state index contributed by atoms with van der Waals surface area (Å²) in [5.41, 5.74) is 5.12. The Morgan fingerprint density at radius 2 is 1.42 bits per heavy atom. The van der Waals surface area contributed by atoms with E-state index in [4.69, 9.17) is 0 Å². The van der Waals surface area contributed by atoms with Crippen molar-refractivity contribution in [3.8, 4) is 0 Å². The van der Waals surface area contributed by atoms with Crippen molar-refractivity contribution in [2.24, 2.45) is 0 Å². The lowest BCUT2D eigenvalue weighted by atomic mass is 9.97. The van der Waals surface area contributed by atoms with Gasteiger partial charge in [0.05, 0.1) is 11.8 Å². The average molecular weight is 424 g/mol. The van der Waals surface area contributed by atoms with E-state index < -0.39 is 0 Å². The van der Waals surface area contributed by atoms with Crippen molar-refractivity contribution in [2.75, 3.05) is 12.8 Å². The molecule has 0 aliphatic heterocycles. The molecule has 0 heterocycles. The van der Waals surface area contributed by atoms with Crippen LogP contribution in [-0.4, -0.2) is 23.6 Å². The van der Waals surface area contributed by atoms with Gasteiger partial charge in [0, 0.05) is 11.9 Å². The molecule has 0 fully saturated rings. The number of rotatable bonds is 6. The fraction of sp³-hybridized carbons (Fsp3) is 0.179. The number of hydrogen-bond acceptors (Lipinski definition) is 2. The van der Waals surface area contributed by atoms with E-state index in [2.05, 4.69) is 54.6 Å². The van der Waals surface area contributed by atoms with Crippen LogP contribution in [0.3, 0.4) is 0 Å². The van der Waals surface area contributed by atoms with E-state index in [-0.39, 0.29) is 11.9 Å². The molecule has 0 saturated heterocycles. The van der Waals surface area contributed by atoms with Crippen molar-refractivity contribution in [3.63, 3.8) is 0 Å². The minimum atomic E-state index is -0.0942. The summed E-state index contributed by atoms with van der Waals surface area (Å²) in [6.45, 7) is 0. The second kappa shape index (κ2) is 8.60. The number of benzene rings is 4. The molecule has 1 aliphatic rings. The number of carbonyl (C=O) groups is 1. The number of amides is 1. The lowest BCUT2D eigenvalue weighted by Gasteiger charge is -2.29. The summed E-state index contributed by atoms with van der Waals surface area (Å²) in [4.78, 5) is 16.4. The average Bonchev–Trinajstić information content (AvgIpc) is 3.25. The van der Waals surface area contributed by atoms with E-state index in [9.17, 15) is 4.79 Å². The van der Waals surface area contributed by atoms with Crippen molar-refractivity contribution >= 4 is 28.4 Å². The van der Waals surface area contributed by atoms with Crippen LogP contribution in [0.4, 0.5) is 0 Å². The number of carbonyl (C=O) groups excluding carboxylic acids is 1. The van der Waals surface area contributed by atoms with Gasteiger partial charge in [-0.15, -0.1) is 11.8 Å². The molecule has 0 N–H and O–H groups in total. The second-order valence-electron chi connectivity index (χ2n) is 8.08. The summed E-state index contributed by atoms with van der Waals surface area (Å²) in [6, 6.07) is 31.4. The van der Waals surface area contributed by atoms with E-state index in [1.54, 1.807) is 11.8 Å². The van der Waals surface area contributed by atoms with Gasteiger partial charge in [-0.05, 0) is 51.9 Å². The molecule has 0 unspecified atom stereocenters. The van der Waals surface area contributed by atoms with Gasteiger partial charge in [-0.3, -0.25) is 4.79 Å². The van der Waals surface area contributed by atoms with E-state index in [0.29, 0.717) is 5.75 Å². The zero-order valence-corrected chi connectivity index (χ0v) is 18.4. The maximum Gasteiger partial charge on any atom is 0.233 e. The van der Waals surface area contributed by atoms with Crippen LogP contribution in [0.1, 0.15) is 28.3 Å². The number of aryl methyl sites for hydroxylation is 2. The first kappa shape index (κ1) is 19.9. The molecule has 3 heteroatoms. The van der Waals surface area contributed by atoms with Crippen molar-refractivity contribution in [2.45, 2.75) is 23.8 Å². The molecule has 0 aromatic heterocycles. The van der Waals surface area contributed by atoms with Gasteiger partial charge in [-0.25, -0.2) is 0 Å². The highest BCUT2D eigenvalue weighted by Crippen LogP contribution is 2.37. The van der Waals surface area contributed by atoms with E-state index in [1.165, 1.54) is 26.8 Å². The van der Waals surface area contributed by atoms with Gasteiger partial charge in [-0.2, -0.15) is 0 Å². The molecule has 2 nitrogen and oxygen atoms in total. The highest BCUT2D eigenvalue weighted by Gasteiger charge is 2.24. The normalized spacial score (nSPS) is 12.5. The van der Waals surface area contributed by atoms with Gasteiger partial charge in [0.15, 0.2) is 0 Å². The first-order valence-corrected chi connectivity index (χ1v) is 11.7. The SMILES string of the molecule is CN(C(=O)CSc1ccc2c3c(cccc13)CC2)C(c1ccccc1)c1ccccc1. The van der Waals surface area contributed by atoms with Gasteiger partial charge < -0.3 is 4.90 Å². The Kier molecular flexibility index (Phi) is 5.52. The molecular formula is C28H25NOS. The van der Waals surface area contributed by atoms with Crippen molar-refractivity contribution in [1.29, 1.82) is 0 Å². The standard InChI is InChI=1S/C28H25NOS/c1-29(28(22-9-4-2-5-10-22)23-11-6-3-7-12-23)26(30)19-31-25-18-17-21-16-15-20-13-8-14-24(25)27(20)21/h2-14,17-18,28H,15-16,19H2,1H3. The summed E-state index contributed by atoms with van der Waals surface area (Å²) in [6.07, 6.45) is 2.25. The second-order valence-corrected chi connectivity index (χ2v) is 9.10. The number of hydrogen-bond donors (Lipinski definition) is 0. The molecule has 4 aromatic rings. The molecule has 1 amide bonds. The van der Waals surface area contributed by atoms with Crippen LogP contribution in [0.25, 0.3) is 10.8 Å². The van der Waals surface area contributed by atoms with E-state index in [0.717, 1.165) is 24.0 Å². The predicted octanol–water partition coefficient (Wildman–Crippen LogP) is 6.28. The lowest BCUT2D eigenvalue weighted by Crippen LogP contribution is -2.33. The van der Waals surface area contributed by atoms with Crippen LogP contribution < -0.4 is 0 Å². The topological polar surface area (TPSA) is 20.3 Å². The molecule has 0 spiro atoms. The number of nitrogens with zero attached hydrogens (tertiary/aromatic N) is 1. The third-order valence-corrected chi connectivity index (χ3v) is 7.26. The quantitative estimate of drug-likeness (QED) is 0.340. The molecule has 0 bridgehead atoms. The van der Waals surface area contributed by atoms with Crippen LogP contribution in [-0.2, 0) is 17.6 Å². The van der Waals surface area contributed by atoms with Gasteiger partial charge in [0.25, 0.3) is 0 Å². The predicted molar refractivity (Wildman–Crippen MR) is 130 cm³/mol. The van der Waals surface area contributed by atoms with Crippen LogP contribution in [0.15, 0.2) is 95.9 Å². The fourth-order valence-corrected chi connectivity index (χ4v) is 5.61. The third-order valence-electron chi connectivity index (χ3n) is 6.20. The highest BCUT2D eigenvalue weighted by atomic mass is 32.2. The van der Waals surface area contributed by atoms with Crippen molar-refractivity contribution in [1.82, 2.24) is 4.90 Å². The Morgan fingerprint density at radius 1 is 0.806 bits per heavy atom. The van der Waals surface area contributed by atoms with Gasteiger partial charge in [-0.1, -0.05) is 84.9 Å². The zero-order chi connectivity index (χ0) is 21.2. The molecule has 1 aliphatic carbocycles. The minimum absolute atomic E-state index is 0.0942. The van der Waals surface area contributed by atoms with E-state index in [1.807, 2.05) is 48.3 Å². The maximum absolute atomic E-state index is 13.3. The van der Waals surface area contributed by atoms with Gasteiger partial charge >= 0.3 is 0 Å². The first-order valence-electron chi connectivity index (χ1n) is 10.7. The van der Waals surface area contributed by atoms with Crippen molar-refractivity contribution in [3.05, 3.63) is 113 Å². The lowest BCUT2D eigenvalue weighted by molar-refractivity contribution is -0.128. The highest BCUT2D eigenvalue weighted by molar-refractivity contribution is 8.00. The maximum atomic E-state index is 13.3. The van der Waals surface area contributed by atoms with Crippen LogP contribution in [0, 0.1) is 0 Å². The molecule has 154 valence electrons. The fourth-order valence-electron chi connectivity index (χ4n) is 4.64. The van der Waals surface area contributed by atoms with Crippen LogP contribution >= 0.6 is 11.8 Å². The monoisotopic (exact) mass is 423 g/mol. The molecule has 0 radical (unpaired) electrons. The first-order chi connectivity index (χ1) is 15.2. The Bertz CT molecular complexity index is 1170. The van der Waals surface area contributed by atoms with Crippen molar-refractivity contribution < 1.29 is 4.79 Å². The van der Waals surface area contributed by atoms with Gasteiger partial charge in [0.2, 0.25) is 5.91 Å². The Balaban J connectivity index is 1.39. The summed E-state index contributed by atoms with van der Waals surface area (Å²) >= 11 is 1.65. The Labute approximate surface area is 187 Å². The molecule has 4 aromatic carbocycles. The van der Waals surface area contributed by atoms with Crippen LogP contribution in [0.2, 0.25) is 0 Å². The summed E-state index contributed by atoms with van der Waals surface area (Å²) < 4.78 is 0. The summed E-state index contributed by atoms with van der Waals surface area (Å²) in [5, 5.41) is 2.69. The molecular weight excluding hydrogens is 398 g/mol. The molecule has 31 heavy (non-hydrogen) atoms. The minimum Gasteiger partial charge on any atom is -0.334 e. The Hall–Kier alpha value is -3.04. The summed E-state index contributed by atoms with van der Waals surface area (Å²) in [7, 11) is 1.92. The van der Waals surface area contributed by atoms with Gasteiger partial charge in [0.1, 0.15) is 0 Å². The Morgan fingerprint density at radius 3 is 2.06 bits per heavy atom. The zero-order valence-electron chi connectivity index (χ0n) is 17.6. The summed E-state index contributed by atoms with van der Waals surface area (Å²) in [5.74, 6) is 0.552. The molecule has 5 rings (SSSR count). The number of thioether (sulfide) groups is 1. The van der Waals surface area contributed by atoms with Crippen LogP contribution in [0.5, 0.6) is 0 Å². The smallest absolute Gasteiger partial charge is 0.233 e. The largest absolute Gasteiger partial charge is 0.334 e. The van der Waals surface area contributed by atoms with E-state index >= 15 is 0 Å². The third kappa shape index (κ3) is 3.86.